The summed E-state index contributed by atoms with van der Waals surface area (Å²) in [6, 6.07) is 10.4. The van der Waals surface area contributed by atoms with Gasteiger partial charge in [0.25, 0.3) is 0 Å². The van der Waals surface area contributed by atoms with E-state index in [2.05, 4.69) is 67.0 Å². The van der Waals surface area contributed by atoms with E-state index in [0.717, 1.165) is 6.42 Å². The molecule has 0 bridgehead atoms. The first-order valence-corrected chi connectivity index (χ1v) is 6.90. The van der Waals surface area contributed by atoms with Gasteiger partial charge in [0.1, 0.15) is 6.10 Å². The molecular weight excluding hydrogens is 244 g/mol. The quantitative estimate of drug-likeness (QED) is 0.649. The maximum Gasteiger partial charge on any atom is 0.112 e. The molecule has 102 valence electrons. The molecule has 1 atom stereocenters. The summed E-state index contributed by atoms with van der Waals surface area (Å²) in [5, 5.41) is 9.35. The van der Waals surface area contributed by atoms with Crippen LogP contribution in [0.2, 0.25) is 0 Å². The summed E-state index contributed by atoms with van der Waals surface area (Å²) in [6.07, 6.45) is 10.6. The molecule has 1 aliphatic carbocycles. The highest BCUT2D eigenvalue weighted by molar-refractivity contribution is 5.39. The van der Waals surface area contributed by atoms with Gasteiger partial charge in [-0.1, -0.05) is 72.6 Å². The van der Waals surface area contributed by atoms with E-state index in [-0.39, 0.29) is 5.41 Å². The van der Waals surface area contributed by atoms with Crippen LogP contribution < -0.4 is 0 Å². The smallest absolute Gasteiger partial charge is 0.112 e. The first-order valence-electron chi connectivity index (χ1n) is 6.90. The SMILES string of the molecule is C=CCC1(C#CC(C)O)C=CC(c2ccccc2)C=C1. The number of hydrogen-bond acceptors (Lipinski definition) is 1. The molecule has 0 amide bonds. The Labute approximate surface area is 121 Å². The first-order chi connectivity index (χ1) is 9.65. The van der Waals surface area contributed by atoms with E-state index in [0.29, 0.717) is 5.92 Å². The van der Waals surface area contributed by atoms with Crippen LogP contribution in [-0.4, -0.2) is 11.2 Å². The summed E-state index contributed by atoms with van der Waals surface area (Å²) >= 11 is 0. The Balaban J connectivity index is 2.23. The van der Waals surface area contributed by atoms with E-state index in [4.69, 9.17) is 0 Å². The average molecular weight is 264 g/mol. The molecule has 0 spiro atoms. The molecule has 20 heavy (non-hydrogen) atoms. The van der Waals surface area contributed by atoms with Gasteiger partial charge in [0.15, 0.2) is 0 Å². The fraction of sp³-hybridized carbons (Fsp3) is 0.263. The molecule has 0 heterocycles. The van der Waals surface area contributed by atoms with Crippen LogP contribution in [0, 0.1) is 17.3 Å². The number of aliphatic hydroxyl groups excluding tert-OH is 1. The Bertz CT molecular complexity index is 553. The van der Waals surface area contributed by atoms with E-state index in [1.54, 1.807) is 6.92 Å². The van der Waals surface area contributed by atoms with Crippen molar-refractivity contribution in [1.82, 2.24) is 0 Å². The molecule has 0 aliphatic heterocycles. The predicted molar refractivity (Wildman–Crippen MR) is 84.2 cm³/mol. The molecule has 0 saturated heterocycles. The molecule has 0 fully saturated rings. The lowest BCUT2D eigenvalue weighted by Crippen LogP contribution is -2.16. The summed E-state index contributed by atoms with van der Waals surface area (Å²) in [7, 11) is 0. The third-order valence-corrected chi connectivity index (χ3v) is 3.38. The molecule has 0 aromatic heterocycles. The van der Waals surface area contributed by atoms with E-state index >= 15 is 0 Å². The van der Waals surface area contributed by atoms with Gasteiger partial charge in [-0.15, -0.1) is 6.58 Å². The Morgan fingerprint density at radius 3 is 2.50 bits per heavy atom. The number of benzene rings is 1. The second kappa shape index (κ2) is 6.41. The molecule has 1 aliphatic rings. The molecular formula is C19H20O. The highest BCUT2D eigenvalue weighted by Crippen LogP contribution is 2.34. The first kappa shape index (κ1) is 14.4. The fourth-order valence-electron chi connectivity index (χ4n) is 2.32. The molecule has 0 radical (unpaired) electrons. The van der Waals surface area contributed by atoms with Crippen LogP contribution in [0.5, 0.6) is 0 Å². The maximum atomic E-state index is 9.35. The van der Waals surface area contributed by atoms with Crippen LogP contribution in [0.4, 0.5) is 0 Å². The van der Waals surface area contributed by atoms with Crippen LogP contribution in [0.3, 0.4) is 0 Å². The van der Waals surface area contributed by atoms with E-state index in [1.165, 1.54) is 5.56 Å². The topological polar surface area (TPSA) is 20.2 Å². The minimum Gasteiger partial charge on any atom is -0.381 e. The van der Waals surface area contributed by atoms with Crippen molar-refractivity contribution in [3.05, 3.63) is 72.9 Å². The minimum absolute atomic E-state index is 0.294. The molecule has 1 nitrogen and oxygen atoms in total. The van der Waals surface area contributed by atoms with E-state index in [1.807, 2.05) is 12.1 Å². The maximum absolute atomic E-state index is 9.35. The van der Waals surface area contributed by atoms with Gasteiger partial charge in [0, 0.05) is 5.92 Å². The van der Waals surface area contributed by atoms with Crippen molar-refractivity contribution in [2.45, 2.75) is 25.4 Å². The second-order valence-corrected chi connectivity index (χ2v) is 5.13. The van der Waals surface area contributed by atoms with E-state index < -0.39 is 6.10 Å². The zero-order valence-electron chi connectivity index (χ0n) is 11.8. The van der Waals surface area contributed by atoms with Crippen molar-refractivity contribution in [3.8, 4) is 11.8 Å². The number of aliphatic hydroxyl groups is 1. The van der Waals surface area contributed by atoms with Crippen LogP contribution in [-0.2, 0) is 0 Å². The third-order valence-electron chi connectivity index (χ3n) is 3.38. The zero-order valence-corrected chi connectivity index (χ0v) is 11.8. The van der Waals surface area contributed by atoms with Gasteiger partial charge >= 0.3 is 0 Å². The second-order valence-electron chi connectivity index (χ2n) is 5.13. The summed E-state index contributed by atoms with van der Waals surface area (Å²) in [5.41, 5.74) is 0.944. The molecule has 1 aromatic rings. The lowest BCUT2D eigenvalue weighted by atomic mass is 9.78. The standard InChI is InChI=1S/C19H20O/c1-3-12-19(13-9-16(2)20)14-10-18(11-15-19)17-7-5-4-6-8-17/h3-8,10-11,14-16,18,20H,1,12H2,2H3. The highest BCUT2D eigenvalue weighted by Gasteiger charge is 2.23. The summed E-state index contributed by atoms with van der Waals surface area (Å²) in [6.45, 7) is 5.48. The largest absolute Gasteiger partial charge is 0.381 e. The summed E-state index contributed by atoms with van der Waals surface area (Å²) < 4.78 is 0. The molecule has 1 N–H and O–H groups in total. The monoisotopic (exact) mass is 264 g/mol. The number of rotatable bonds is 3. The minimum atomic E-state index is -0.606. The van der Waals surface area contributed by atoms with Crippen molar-refractivity contribution >= 4 is 0 Å². The van der Waals surface area contributed by atoms with Crippen molar-refractivity contribution in [2.75, 3.05) is 0 Å². The lowest BCUT2D eigenvalue weighted by Gasteiger charge is -2.25. The molecule has 1 aromatic carbocycles. The lowest BCUT2D eigenvalue weighted by molar-refractivity contribution is 0.253. The summed E-state index contributed by atoms with van der Waals surface area (Å²) in [5.74, 6) is 6.31. The Kier molecular flexibility index (Phi) is 4.61. The Hall–Kier alpha value is -2.04. The summed E-state index contributed by atoms with van der Waals surface area (Å²) in [4.78, 5) is 0. The Morgan fingerprint density at radius 1 is 1.30 bits per heavy atom. The predicted octanol–water partition coefficient (Wildman–Crippen LogP) is 3.84. The van der Waals surface area contributed by atoms with Crippen molar-refractivity contribution in [2.24, 2.45) is 5.41 Å². The van der Waals surface area contributed by atoms with Crippen molar-refractivity contribution in [3.63, 3.8) is 0 Å². The highest BCUT2D eigenvalue weighted by atomic mass is 16.3. The Morgan fingerprint density at radius 2 is 1.95 bits per heavy atom. The van der Waals surface area contributed by atoms with Crippen LogP contribution in [0.25, 0.3) is 0 Å². The molecule has 1 heteroatoms. The molecule has 2 rings (SSSR count). The average Bonchev–Trinajstić information content (AvgIpc) is 2.47. The van der Waals surface area contributed by atoms with E-state index in [9.17, 15) is 5.11 Å². The molecule has 0 saturated carbocycles. The van der Waals surface area contributed by atoms with Crippen molar-refractivity contribution < 1.29 is 5.11 Å². The van der Waals surface area contributed by atoms with Gasteiger partial charge in [-0.3, -0.25) is 0 Å². The van der Waals surface area contributed by atoms with Crippen LogP contribution >= 0.6 is 0 Å². The van der Waals surface area contributed by atoms with Crippen molar-refractivity contribution in [1.29, 1.82) is 0 Å². The zero-order chi connectivity index (χ0) is 14.4. The van der Waals surface area contributed by atoms with Gasteiger partial charge in [-0.25, -0.2) is 0 Å². The van der Waals surface area contributed by atoms with Gasteiger partial charge in [-0.2, -0.15) is 0 Å². The normalized spacial score (nSPS) is 25.6. The molecule has 1 unspecified atom stereocenters. The fourth-order valence-corrected chi connectivity index (χ4v) is 2.32. The third kappa shape index (κ3) is 3.50. The van der Waals surface area contributed by atoms with Gasteiger partial charge in [0.2, 0.25) is 0 Å². The van der Waals surface area contributed by atoms with Gasteiger partial charge in [0.05, 0.1) is 5.41 Å². The van der Waals surface area contributed by atoms with Gasteiger partial charge in [-0.05, 0) is 18.9 Å². The van der Waals surface area contributed by atoms with Gasteiger partial charge < -0.3 is 5.11 Å². The number of allylic oxidation sites excluding steroid dienone is 5. The van der Waals surface area contributed by atoms with Crippen LogP contribution in [0.1, 0.15) is 24.8 Å². The number of hydrogen-bond donors (Lipinski definition) is 1. The van der Waals surface area contributed by atoms with Crippen LogP contribution in [0.15, 0.2) is 67.3 Å².